The van der Waals surface area contributed by atoms with Gasteiger partial charge in [0.1, 0.15) is 0 Å². The Morgan fingerprint density at radius 3 is 2.27 bits per heavy atom. The minimum atomic E-state index is 0.316. The van der Waals surface area contributed by atoms with Crippen LogP contribution in [0.4, 0.5) is 0 Å². The van der Waals surface area contributed by atoms with Crippen molar-refractivity contribution < 1.29 is 0 Å². The van der Waals surface area contributed by atoms with E-state index in [0.717, 1.165) is 5.92 Å². The average molecular weight is 350 g/mol. The molecule has 2 aromatic rings. The van der Waals surface area contributed by atoms with E-state index in [0.29, 0.717) is 11.5 Å². The van der Waals surface area contributed by atoms with Crippen molar-refractivity contribution in [1.82, 2.24) is 5.32 Å². The molecule has 0 aliphatic heterocycles. The Kier molecular flexibility index (Phi) is 7.08. The van der Waals surface area contributed by atoms with E-state index in [-0.39, 0.29) is 0 Å². The monoisotopic (exact) mass is 349 g/mol. The van der Waals surface area contributed by atoms with E-state index in [1.807, 2.05) is 13.8 Å². The lowest BCUT2D eigenvalue weighted by Crippen LogP contribution is -2.18. The summed E-state index contributed by atoms with van der Waals surface area (Å²) in [5.74, 6) is 0.803. The topological polar surface area (TPSA) is 12.0 Å². The maximum absolute atomic E-state index is 3.61. The second-order valence-electron chi connectivity index (χ2n) is 7.28. The molecule has 1 nitrogen and oxygen atoms in total. The molecule has 26 heavy (non-hydrogen) atoms. The molecular weight excluding hydrogens is 314 g/mol. The molecule has 1 fully saturated rings. The van der Waals surface area contributed by atoms with Gasteiger partial charge >= 0.3 is 0 Å². The highest BCUT2D eigenvalue weighted by Crippen LogP contribution is 2.57. The zero-order valence-electron chi connectivity index (χ0n) is 17.3. The predicted octanol–water partition coefficient (Wildman–Crippen LogP) is 7.11. The average Bonchev–Trinajstić information content (AvgIpc) is 3.39. The van der Waals surface area contributed by atoms with E-state index < -0.39 is 0 Å². The van der Waals surface area contributed by atoms with E-state index in [9.17, 15) is 0 Å². The highest BCUT2D eigenvalue weighted by molar-refractivity contribution is 5.63. The molecule has 1 aliphatic rings. The van der Waals surface area contributed by atoms with Crippen molar-refractivity contribution in [3.8, 4) is 0 Å². The molecule has 2 aromatic carbocycles. The maximum atomic E-state index is 3.61. The van der Waals surface area contributed by atoms with E-state index in [4.69, 9.17) is 0 Å². The number of benzene rings is 2. The molecule has 0 radical (unpaired) electrons. The number of hydrogen-bond donors (Lipinski definition) is 1. The van der Waals surface area contributed by atoms with Gasteiger partial charge in [0, 0.05) is 12.2 Å². The van der Waals surface area contributed by atoms with Crippen LogP contribution in [-0.4, -0.2) is 0 Å². The molecule has 1 heteroatoms. The maximum Gasteiger partial charge on any atom is 0.0483 e. The molecule has 0 heterocycles. The Balaban J connectivity index is 0.00000117. The van der Waals surface area contributed by atoms with Crippen LogP contribution in [0.15, 0.2) is 60.8 Å². The summed E-state index contributed by atoms with van der Waals surface area (Å²) in [5, 5.41) is 3.61. The van der Waals surface area contributed by atoms with Gasteiger partial charge in [-0.3, -0.25) is 0 Å². The molecule has 0 spiro atoms. The minimum absolute atomic E-state index is 0.316. The molecule has 0 bridgehead atoms. The van der Waals surface area contributed by atoms with Crippen molar-refractivity contribution in [2.45, 2.75) is 65.8 Å². The number of nitrogens with one attached hydrogen (secondary N) is 1. The molecule has 1 N–H and O–H groups in total. The fourth-order valence-corrected chi connectivity index (χ4v) is 4.00. The van der Waals surface area contributed by atoms with Crippen LogP contribution in [0.3, 0.4) is 0 Å². The normalized spacial score (nSPS) is 22.8. The van der Waals surface area contributed by atoms with Crippen LogP contribution in [0.2, 0.25) is 0 Å². The van der Waals surface area contributed by atoms with Crippen LogP contribution in [0.5, 0.6) is 0 Å². The summed E-state index contributed by atoms with van der Waals surface area (Å²) in [6.45, 7) is 13.1. The van der Waals surface area contributed by atoms with Crippen molar-refractivity contribution in [3.63, 3.8) is 0 Å². The largest absolute Gasteiger partial charge is 0.384 e. The van der Waals surface area contributed by atoms with Crippen LogP contribution in [0.25, 0.3) is 5.57 Å². The van der Waals surface area contributed by atoms with Gasteiger partial charge in [0.2, 0.25) is 0 Å². The zero-order chi connectivity index (χ0) is 19.2. The van der Waals surface area contributed by atoms with Crippen molar-refractivity contribution in [2.24, 2.45) is 5.92 Å². The lowest BCUT2D eigenvalue weighted by Gasteiger charge is -2.23. The van der Waals surface area contributed by atoms with Gasteiger partial charge < -0.3 is 5.32 Å². The molecule has 1 saturated carbocycles. The summed E-state index contributed by atoms with van der Waals surface area (Å²) in [5.41, 5.74) is 5.94. The highest BCUT2D eigenvalue weighted by atomic mass is 14.9. The molecule has 0 amide bonds. The number of hydrogen-bond acceptors (Lipinski definition) is 1. The summed E-state index contributed by atoms with van der Waals surface area (Å²) in [6.07, 6.45) is 4.72. The molecule has 1 aliphatic carbocycles. The molecular formula is C25H35N. The minimum Gasteiger partial charge on any atom is -0.384 e. The summed E-state index contributed by atoms with van der Waals surface area (Å²) in [4.78, 5) is 0. The third-order valence-corrected chi connectivity index (χ3v) is 5.83. The zero-order valence-corrected chi connectivity index (χ0v) is 17.3. The lowest BCUT2D eigenvalue weighted by atomic mass is 9.85. The van der Waals surface area contributed by atoms with Crippen LogP contribution < -0.4 is 5.32 Å². The molecule has 3 unspecified atom stereocenters. The smallest absolute Gasteiger partial charge is 0.0483 e. The van der Waals surface area contributed by atoms with Crippen LogP contribution in [0, 0.1) is 5.92 Å². The Morgan fingerprint density at radius 1 is 1.12 bits per heavy atom. The van der Waals surface area contributed by atoms with Gasteiger partial charge in [-0.1, -0.05) is 82.3 Å². The number of allylic oxidation sites excluding steroid dienone is 1. The Hall–Kier alpha value is -2.02. The number of rotatable bonds is 6. The van der Waals surface area contributed by atoms with Gasteiger partial charge in [0.25, 0.3) is 0 Å². The first-order valence-corrected chi connectivity index (χ1v) is 10.2. The van der Waals surface area contributed by atoms with Gasteiger partial charge in [-0.2, -0.15) is 0 Å². The third-order valence-electron chi connectivity index (χ3n) is 5.83. The predicted molar refractivity (Wildman–Crippen MR) is 115 cm³/mol. The van der Waals surface area contributed by atoms with E-state index in [1.165, 1.54) is 29.5 Å². The second kappa shape index (κ2) is 9.07. The molecule has 3 rings (SSSR count). The second-order valence-corrected chi connectivity index (χ2v) is 7.28. The highest BCUT2D eigenvalue weighted by Gasteiger charge is 2.51. The SMILES string of the molecule is CC.CCC1(c2ccccc2C(C)N/C=C(\C)c2ccccc2)CC1C. The Morgan fingerprint density at radius 2 is 1.69 bits per heavy atom. The third kappa shape index (κ3) is 4.20. The summed E-state index contributed by atoms with van der Waals surface area (Å²) < 4.78 is 0. The Bertz CT molecular complexity index is 712. The Labute approximate surface area is 160 Å². The first-order valence-electron chi connectivity index (χ1n) is 10.2. The lowest BCUT2D eigenvalue weighted by molar-refractivity contribution is 0.581. The van der Waals surface area contributed by atoms with Gasteiger partial charge in [0.15, 0.2) is 0 Å². The van der Waals surface area contributed by atoms with E-state index in [1.54, 1.807) is 5.56 Å². The van der Waals surface area contributed by atoms with Crippen molar-refractivity contribution in [1.29, 1.82) is 0 Å². The first-order chi connectivity index (χ1) is 12.6. The van der Waals surface area contributed by atoms with Crippen molar-refractivity contribution >= 4 is 5.57 Å². The van der Waals surface area contributed by atoms with E-state index >= 15 is 0 Å². The van der Waals surface area contributed by atoms with Gasteiger partial charge in [-0.25, -0.2) is 0 Å². The van der Waals surface area contributed by atoms with Gasteiger partial charge in [-0.05, 0) is 60.3 Å². The molecule has 3 atom stereocenters. The van der Waals surface area contributed by atoms with Gasteiger partial charge in [-0.15, -0.1) is 0 Å². The van der Waals surface area contributed by atoms with Gasteiger partial charge in [0.05, 0.1) is 0 Å². The molecule has 0 saturated heterocycles. The van der Waals surface area contributed by atoms with Crippen LogP contribution >= 0.6 is 0 Å². The fraction of sp³-hybridized carbons (Fsp3) is 0.440. The molecule has 140 valence electrons. The standard InChI is InChI=1S/C23H29N.C2H6/c1-5-23(15-18(23)3)22-14-10-9-13-21(22)19(4)24-16-17(2)20-11-7-6-8-12-20;1-2/h6-14,16,18-19,24H,5,15H2,1-4H3;1-2H3/b17-16+;. The van der Waals surface area contributed by atoms with Crippen molar-refractivity contribution in [2.75, 3.05) is 0 Å². The summed E-state index contributed by atoms with van der Waals surface area (Å²) >= 11 is 0. The van der Waals surface area contributed by atoms with Crippen LogP contribution in [-0.2, 0) is 5.41 Å². The summed E-state index contributed by atoms with van der Waals surface area (Å²) in [7, 11) is 0. The molecule has 0 aromatic heterocycles. The summed E-state index contributed by atoms with van der Waals surface area (Å²) in [6, 6.07) is 19.9. The first kappa shape index (κ1) is 20.3. The fourth-order valence-electron chi connectivity index (χ4n) is 4.00. The van der Waals surface area contributed by atoms with Crippen LogP contribution in [0.1, 0.15) is 77.1 Å². The van der Waals surface area contributed by atoms with E-state index in [2.05, 4.69) is 93.8 Å². The quantitative estimate of drug-likeness (QED) is 0.586. The van der Waals surface area contributed by atoms with Crippen molar-refractivity contribution in [3.05, 3.63) is 77.5 Å².